The molecule has 84 valence electrons. The van der Waals surface area contributed by atoms with Crippen molar-refractivity contribution in [3.05, 3.63) is 39.9 Å². The summed E-state index contributed by atoms with van der Waals surface area (Å²) in [5, 5.41) is 5.21. The second-order valence-electron chi connectivity index (χ2n) is 3.54. The van der Waals surface area contributed by atoms with Crippen LogP contribution in [0.3, 0.4) is 0 Å². The molecule has 5 heteroatoms. The maximum atomic E-state index is 4.36. The summed E-state index contributed by atoms with van der Waals surface area (Å²) in [7, 11) is 0. The van der Waals surface area contributed by atoms with Crippen LogP contribution in [0.5, 0.6) is 0 Å². The molecular formula is C11H11Br2N3. The average molecular weight is 345 g/mol. The van der Waals surface area contributed by atoms with E-state index in [1.807, 2.05) is 24.6 Å². The number of nitrogens with zero attached hydrogens (tertiary/aromatic N) is 3. The molecule has 0 fully saturated rings. The van der Waals surface area contributed by atoms with Crippen molar-refractivity contribution in [1.29, 1.82) is 0 Å². The molecule has 0 spiro atoms. The summed E-state index contributed by atoms with van der Waals surface area (Å²) in [6.45, 7) is 3.84. The SMILES string of the molecule is Cc1nc(C)n(-c2ccc(CBr)cc2Br)n1. The first-order valence-corrected chi connectivity index (χ1v) is 6.78. The minimum absolute atomic E-state index is 0.786. The molecule has 0 bridgehead atoms. The van der Waals surface area contributed by atoms with Crippen LogP contribution in [0.15, 0.2) is 22.7 Å². The van der Waals surface area contributed by atoms with Crippen LogP contribution in [0.4, 0.5) is 0 Å². The molecule has 0 saturated carbocycles. The molecule has 3 nitrogen and oxygen atoms in total. The Hall–Kier alpha value is -0.680. The Morgan fingerprint density at radius 3 is 2.56 bits per heavy atom. The van der Waals surface area contributed by atoms with Crippen molar-refractivity contribution >= 4 is 31.9 Å². The Balaban J connectivity index is 2.52. The topological polar surface area (TPSA) is 30.7 Å². The summed E-state index contributed by atoms with van der Waals surface area (Å²) >= 11 is 6.99. The molecule has 0 aliphatic rings. The largest absolute Gasteiger partial charge is 0.217 e. The first-order valence-electron chi connectivity index (χ1n) is 4.87. The molecule has 1 aromatic heterocycles. The van der Waals surface area contributed by atoms with Gasteiger partial charge in [-0.2, -0.15) is 5.10 Å². The molecule has 0 aliphatic heterocycles. The van der Waals surface area contributed by atoms with E-state index in [0.717, 1.165) is 27.1 Å². The highest BCUT2D eigenvalue weighted by Gasteiger charge is 2.08. The van der Waals surface area contributed by atoms with Crippen molar-refractivity contribution < 1.29 is 0 Å². The molecular weight excluding hydrogens is 334 g/mol. The number of benzene rings is 1. The zero-order chi connectivity index (χ0) is 11.7. The molecule has 0 N–H and O–H groups in total. The quantitative estimate of drug-likeness (QED) is 0.780. The van der Waals surface area contributed by atoms with E-state index in [0.29, 0.717) is 0 Å². The van der Waals surface area contributed by atoms with Crippen molar-refractivity contribution in [2.45, 2.75) is 19.2 Å². The van der Waals surface area contributed by atoms with E-state index in [-0.39, 0.29) is 0 Å². The highest BCUT2D eigenvalue weighted by molar-refractivity contribution is 9.10. The van der Waals surface area contributed by atoms with Crippen LogP contribution in [-0.2, 0) is 5.33 Å². The molecule has 0 unspecified atom stereocenters. The van der Waals surface area contributed by atoms with E-state index in [2.05, 4.69) is 54.1 Å². The monoisotopic (exact) mass is 343 g/mol. The third-order valence-corrected chi connectivity index (χ3v) is 3.55. The van der Waals surface area contributed by atoms with Gasteiger partial charge in [-0.05, 0) is 47.5 Å². The lowest BCUT2D eigenvalue weighted by Gasteiger charge is -2.07. The molecule has 0 radical (unpaired) electrons. The molecule has 0 amide bonds. The van der Waals surface area contributed by atoms with Crippen LogP contribution in [-0.4, -0.2) is 14.8 Å². The molecule has 0 aliphatic carbocycles. The molecule has 0 saturated heterocycles. The van der Waals surface area contributed by atoms with Crippen molar-refractivity contribution in [3.63, 3.8) is 0 Å². The van der Waals surface area contributed by atoms with Crippen molar-refractivity contribution in [2.75, 3.05) is 0 Å². The lowest BCUT2D eigenvalue weighted by molar-refractivity contribution is 0.827. The number of hydrogen-bond acceptors (Lipinski definition) is 2. The van der Waals surface area contributed by atoms with E-state index in [1.165, 1.54) is 5.56 Å². The number of rotatable bonds is 2. The van der Waals surface area contributed by atoms with Crippen LogP contribution in [0.2, 0.25) is 0 Å². The Bertz CT molecular complexity index is 520. The smallest absolute Gasteiger partial charge is 0.148 e. The van der Waals surface area contributed by atoms with Gasteiger partial charge in [0.25, 0.3) is 0 Å². The van der Waals surface area contributed by atoms with Gasteiger partial charge < -0.3 is 0 Å². The average Bonchev–Trinajstić information content (AvgIpc) is 2.57. The van der Waals surface area contributed by atoms with Crippen LogP contribution in [0.1, 0.15) is 17.2 Å². The minimum atomic E-state index is 0.786. The Morgan fingerprint density at radius 1 is 1.31 bits per heavy atom. The van der Waals surface area contributed by atoms with Crippen LogP contribution in [0, 0.1) is 13.8 Å². The van der Waals surface area contributed by atoms with E-state index >= 15 is 0 Å². The zero-order valence-corrected chi connectivity index (χ0v) is 12.2. The third kappa shape index (κ3) is 2.20. The maximum absolute atomic E-state index is 4.36. The summed E-state index contributed by atoms with van der Waals surface area (Å²) in [5.74, 6) is 1.68. The number of halogens is 2. The highest BCUT2D eigenvalue weighted by Crippen LogP contribution is 2.23. The standard InChI is InChI=1S/C11H11Br2N3/c1-7-14-8(2)16(15-7)11-4-3-9(6-12)5-10(11)13/h3-5H,6H2,1-2H3. The highest BCUT2D eigenvalue weighted by atomic mass is 79.9. The molecule has 16 heavy (non-hydrogen) atoms. The van der Waals surface area contributed by atoms with Gasteiger partial charge in [0.15, 0.2) is 0 Å². The number of alkyl halides is 1. The molecule has 1 aromatic carbocycles. The minimum Gasteiger partial charge on any atom is -0.217 e. The van der Waals surface area contributed by atoms with Gasteiger partial charge in [0.1, 0.15) is 11.6 Å². The third-order valence-electron chi connectivity index (χ3n) is 2.27. The number of aromatic nitrogens is 3. The Kier molecular flexibility index (Phi) is 3.44. The zero-order valence-electron chi connectivity index (χ0n) is 9.04. The van der Waals surface area contributed by atoms with E-state index in [1.54, 1.807) is 0 Å². The number of aryl methyl sites for hydroxylation is 2. The van der Waals surface area contributed by atoms with Crippen LogP contribution >= 0.6 is 31.9 Å². The van der Waals surface area contributed by atoms with Crippen LogP contribution < -0.4 is 0 Å². The van der Waals surface area contributed by atoms with Gasteiger partial charge >= 0.3 is 0 Å². The normalized spacial score (nSPS) is 10.8. The predicted octanol–water partition coefficient (Wildman–Crippen LogP) is 3.54. The van der Waals surface area contributed by atoms with Crippen molar-refractivity contribution in [2.24, 2.45) is 0 Å². The summed E-state index contributed by atoms with van der Waals surface area (Å²) in [6, 6.07) is 6.20. The maximum Gasteiger partial charge on any atom is 0.148 e. The summed E-state index contributed by atoms with van der Waals surface area (Å²) in [6.07, 6.45) is 0. The van der Waals surface area contributed by atoms with Gasteiger partial charge in [0, 0.05) is 9.80 Å². The Morgan fingerprint density at radius 2 is 2.06 bits per heavy atom. The van der Waals surface area contributed by atoms with E-state index < -0.39 is 0 Å². The van der Waals surface area contributed by atoms with Gasteiger partial charge in [-0.3, -0.25) is 0 Å². The van der Waals surface area contributed by atoms with Crippen molar-refractivity contribution in [3.8, 4) is 5.69 Å². The molecule has 2 rings (SSSR count). The van der Waals surface area contributed by atoms with Gasteiger partial charge in [-0.1, -0.05) is 22.0 Å². The molecule has 1 heterocycles. The first-order chi connectivity index (χ1) is 7.61. The molecule has 2 aromatic rings. The molecule has 0 atom stereocenters. The second kappa shape index (κ2) is 4.67. The van der Waals surface area contributed by atoms with Crippen molar-refractivity contribution in [1.82, 2.24) is 14.8 Å². The summed E-state index contributed by atoms with van der Waals surface area (Å²) in [4.78, 5) is 4.29. The lowest BCUT2D eigenvalue weighted by atomic mass is 10.2. The lowest BCUT2D eigenvalue weighted by Crippen LogP contribution is -2.00. The number of hydrogen-bond donors (Lipinski definition) is 0. The van der Waals surface area contributed by atoms with Crippen LogP contribution in [0.25, 0.3) is 5.69 Å². The second-order valence-corrected chi connectivity index (χ2v) is 4.95. The fourth-order valence-corrected chi connectivity index (χ4v) is 2.50. The fraction of sp³-hybridized carbons (Fsp3) is 0.273. The van der Waals surface area contributed by atoms with Gasteiger partial charge in [0.05, 0.1) is 5.69 Å². The van der Waals surface area contributed by atoms with Gasteiger partial charge in [-0.25, -0.2) is 9.67 Å². The summed E-state index contributed by atoms with van der Waals surface area (Å²) < 4.78 is 2.87. The van der Waals surface area contributed by atoms with Gasteiger partial charge in [0.2, 0.25) is 0 Å². The summed E-state index contributed by atoms with van der Waals surface area (Å²) in [5.41, 5.74) is 2.24. The first kappa shape index (κ1) is 11.8. The Labute approximate surface area is 111 Å². The fourth-order valence-electron chi connectivity index (χ4n) is 1.55. The van der Waals surface area contributed by atoms with E-state index in [9.17, 15) is 0 Å². The van der Waals surface area contributed by atoms with Gasteiger partial charge in [-0.15, -0.1) is 0 Å². The predicted molar refractivity (Wildman–Crippen MR) is 71.2 cm³/mol. The van der Waals surface area contributed by atoms with E-state index in [4.69, 9.17) is 0 Å².